The van der Waals surface area contributed by atoms with Gasteiger partial charge in [0.25, 0.3) is 0 Å². The monoisotopic (exact) mass is 895 g/mol. The number of hydrogen-bond donors (Lipinski definition) is 3. The summed E-state index contributed by atoms with van der Waals surface area (Å²) in [7, 11) is 0. The van der Waals surface area contributed by atoms with Crippen LogP contribution in [0.3, 0.4) is 0 Å². The Morgan fingerprint density at radius 1 is 0.712 bits per heavy atom. The number of carbonyl (C=O) groups excluding carboxylic acids is 5. The molecular formula is C44H35F2N13O7. The van der Waals surface area contributed by atoms with E-state index in [9.17, 15) is 23.2 Å². The predicted molar refractivity (Wildman–Crippen MR) is 225 cm³/mol. The standard InChI is InChI=1S/C22H19FN6O2.C21H16FN7O3.CO2/c1-3-22(2)14-11-24-20(25-19(14)26-21(22)30)17-10-18(16-8-9-31-28-16)29(27-17)12-13-6-4-5-7-15(13)23;1-21(19(23)30)12-9-24-18(25-17(12)26-20(21)31)15-8-16(14-6-7-32-28-14)29(27-15)10-11-4-2-3-5-13(11)22;2-1-3/h4-11H,3,12H2,1-2H3,(H,24,25,26,30);2-9H,10H2,1H3,(H2,23,30)(H,24,25,26,31);. The molecule has 22 heteroatoms. The quantitative estimate of drug-likeness (QED) is 0.151. The van der Waals surface area contributed by atoms with E-state index in [0.717, 1.165) is 5.56 Å². The number of primary amides is 1. The number of nitrogens with zero attached hydrogens (tertiary/aromatic N) is 10. The first-order chi connectivity index (χ1) is 31.8. The summed E-state index contributed by atoms with van der Waals surface area (Å²) >= 11 is 0. The Bertz CT molecular complexity index is 3170. The minimum absolute atomic E-state index is 0.0928. The van der Waals surface area contributed by atoms with Crippen molar-refractivity contribution in [1.82, 2.24) is 49.8 Å². The molecule has 0 aliphatic carbocycles. The van der Waals surface area contributed by atoms with Crippen molar-refractivity contribution in [3.05, 3.63) is 132 Å². The first-order valence-electron chi connectivity index (χ1n) is 19.9. The highest BCUT2D eigenvalue weighted by atomic mass is 19.1. The van der Waals surface area contributed by atoms with Gasteiger partial charge in [0.15, 0.2) is 17.1 Å². The van der Waals surface area contributed by atoms with Crippen LogP contribution in [0.25, 0.3) is 45.8 Å². The SMILES string of the molecule is CC1(C(N)=O)C(=O)Nc2nc(-c3cc(-c4ccon4)n(Cc4ccccc4F)n3)ncc21.CCC1(C)C(=O)Nc2nc(-c3cc(-c4ccon4)n(Cc4ccccc4F)n3)ncc21.O=C=O. The Labute approximate surface area is 371 Å². The normalized spacial score (nSPS) is 16.7. The van der Waals surface area contributed by atoms with Gasteiger partial charge in [-0.05, 0) is 44.5 Å². The number of rotatable bonds is 10. The Kier molecular flexibility index (Phi) is 11.7. The number of benzene rings is 2. The Morgan fingerprint density at radius 3 is 1.61 bits per heavy atom. The number of nitrogens with one attached hydrogen (secondary N) is 2. The van der Waals surface area contributed by atoms with Crippen molar-refractivity contribution in [3.63, 3.8) is 0 Å². The summed E-state index contributed by atoms with van der Waals surface area (Å²) in [5.74, 6) is -0.902. The lowest BCUT2D eigenvalue weighted by Crippen LogP contribution is -2.44. The zero-order valence-electron chi connectivity index (χ0n) is 35.0. The third-order valence-electron chi connectivity index (χ3n) is 11.3. The van der Waals surface area contributed by atoms with Crippen LogP contribution >= 0.6 is 0 Å². The lowest BCUT2D eigenvalue weighted by Gasteiger charge is -2.18. The molecule has 8 aromatic rings. The van der Waals surface area contributed by atoms with Crippen LogP contribution in [0, 0.1) is 11.6 Å². The first-order valence-corrected chi connectivity index (χ1v) is 19.9. The fraction of sp³-hybridized carbons (Fsp3) is 0.182. The summed E-state index contributed by atoms with van der Waals surface area (Å²) in [5.41, 5.74) is 8.32. The average molecular weight is 896 g/mol. The van der Waals surface area contributed by atoms with Crippen molar-refractivity contribution >= 4 is 35.5 Å². The summed E-state index contributed by atoms with van der Waals surface area (Å²) in [4.78, 5) is 70.5. The van der Waals surface area contributed by atoms with Gasteiger partial charge in [-0.2, -0.15) is 19.8 Å². The van der Waals surface area contributed by atoms with Crippen molar-refractivity contribution < 1.29 is 41.8 Å². The maximum Gasteiger partial charge on any atom is 0.373 e. The van der Waals surface area contributed by atoms with Gasteiger partial charge in [-0.25, -0.2) is 28.7 Å². The van der Waals surface area contributed by atoms with Gasteiger partial charge in [0.1, 0.15) is 58.6 Å². The molecule has 20 nitrogen and oxygen atoms in total. The summed E-state index contributed by atoms with van der Waals surface area (Å²) in [6, 6.07) is 19.7. The number of hydrogen-bond acceptors (Lipinski definition) is 15. The van der Waals surface area contributed by atoms with E-state index in [1.165, 1.54) is 37.8 Å². The van der Waals surface area contributed by atoms with Gasteiger partial charge in [-0.1, -0.05) is 53.6 Å². The van der Waals surface area contributed by atoms with Gasteiger partial charge < -0.3 is 25.4 Å². The number of fused-ring (bicyclic) bond motifs is 2. The van der Waals surface area contributed by atoms with Crippen LogP contribution in [0.5, 0.6) is 0 Å². The van der Waals surface area contributed by atoms with Crippen LogP contribution in [0.4, 0.5) is 20.4 Å². The summed E-state index contributed by atoms with van der Waals surface area (Å²) in [5, 5.41) is 22.5. The average Bonchev–Trinajstić information content (AvgIpc) is 4.18. The van der Waals surface area contributed by atoms with E-state index >= 15 is 0 Å². The number of halogens is 2. The van der Waals surface area contributed by atoms with E-state index in [1.807, 2.05) is 13.8 Å². The molecule has 10 rings (SSSR count). The summed E-state index contributed by atoms with van der Waals surface area (Å²) in [6.07, 6.45) is 6.82. The molecule has 332 valence electrons. The van der Waals surface area contributed by atoms with Crippen molar-refractivity contribution in [2.45, 2.75) is 51.1 Å². The lowest BCUT2D eigenvalue weighted by atomic mass is 9.83. The van der Waals surface area contributed by atoms with E-state index in [0.29, 0.717) is 68.9 Å². The van der Waals surface area contributed by atoms with Crippen LogP contribution in [0.2, 0.25) is 0 Å². The van der Waals surface area contributed by atoms with Gasteiger partial charge in [0.2, 0.25) is 17.7 Å². The maximum atomic E-state index is 14.2. The molecular weight excluding hydrogens is 861 g/mol. The van der Waals surface area contributed by atoms with Crippen LogP contribution in [-0.2, 0) is 47.9 Å². The molecule has 0 radical (unpaired) electrons. The summed E-state index contributed by atoms with van der Waals surface area (Å²) < 4.78 is 41.6. The van der Waals surface area contributed by atoms with E-state index in [1.54, 1.807) is 76.2 Å². The second kappa shape index (κ2) is 17.7. The third-order valence-corrected chi connectivity index (χ3v) is 11.3. The first kappa shape index (κ1) is 43.7. The number of amides is 3. The molecule has 4 N–H and O–H groups in total. The lowest BCUT2D eigenvalue weighted by molar-refractivity contribution is -0.191. The van der Waals surface area contributed by atoms with Crippen molar-refractivity contribution in [2.24, 2.45) is 5.73 Å². The Balaban J connectivity index is 0.000000170. The van der Waals surface area contributed by atoms with Gasteiger partial charge in [0, 0.05) is 46.8 Å². The fourth-order valence-electron chi connectivity index (χ4n) is 7.26. The Morgan fingerprint density at radius 2 is 1.17 bits per heavy atom. The molecule has 8 heterocycles. The molecule has 0 fully saturated rings. The van der Waals surface area contributed by atoms with E-state index in [4.69, 9.17) is 24.4 Å². The van der Waals surface area contributed by atoms with E-state index in [-0.39, 0.29) is 48.4 Å². The third kappa shape index (κ3) is 7.98. The molecule has 0 bridgehead atoms. The zero-order chi connectivity index (χ0) is 46.8. The molecule has 2 aliphatic rings. The highest BCUT2D eigenvalue weighted by Crippen LogP contribution is 2.40. The molecule has 0 saturated carbocycles. The van der Waals surface area contributed by atoms with E-state index in [2.05, 4.69) is 51.1 Å². The summed E-state index contributed by atoms with van der Waals surface area (Å²) in [6.45, 7) is 5.59. The molecule has 6 aromatic heterocycles. The highest BCUT2D eigenvalue weighted by Gasteiger charge is 2.49. The minimum atomic E-state index is -1.55. The molecule has 2 aliphatic heterocycles. The number of nitrogens with two attached hydrogens (primary N) is 1. The minimum Gasteiger partial charge on any atom is -0.368 e. The van der Waals surface area contributed by atoms with E-state index < -0.39 is 22.6 Å². The van der Waals surface area contributed by atoms with Crippen LogP contribution in [0.1, 0.15) is 49.4 Å². The molecule has 0 spiro atoms. The molecule has 0 saturated heterocycles. The predicted octanol–water partition coefficient (Wildman–Crippen LogP) is 5.10. The van der Waals surface area contributed by atoms with Gasteiger partial charge in [-0.15, -0.1) is 0 Å². The second-order valence-electron chi connectivity index (χ2n) is 15.2. The van der Waals surface area contributed by atoms with Gasteiger partial charge >= 0.3 is 6.15 Å². The van der Waals surface area contributed by atoms with Crippen LogP contribution < -0.4 is 16.4 Å². The van der Waals surface area contributed by atoms with Crippen LogP contribution in [0.15, 0.2) is 107 Å². The van der Waals surface area contributed by atoms with Crippen molar-refractivity contribution in [3.8, 4) is 45.8 Å². The molecule has 2 aromatic carbocycles. The second-order valence-corrected chi connectivity index (χ2v) is 15.2. The Hall–Kier alpha value is -8.91. The number of carbonyl (C=O) groups is 3. The number of aromatic nitrogens is 10. The fourth-order valence-corrected chi connectivity index (χ4v) is 7.26. The zero-order valence-corrected chi connectivity index (χ0v) is 35.0. The van der Waals surface area contributed by atoms with Crippen molar-refractivity contribution in [2.75, 3.05) is 10.6 Å². The largest absolute Gasteiger partial charge is 0.373 e. The van der Waals surface area contributed by atoms with Crippen molar-refractivity contribution in [1.29, 1.82) is 0 Å². The molecule has 3 amide bonds. The van der Waals surface area contributed by atoms with Gasteiger partial charge in [-0.3, -0.25) is 23.7 Å². The smallest absolute Gasteiger partial charge is 0.368 e. The topological polar surface area (TPSA) is 275 Å². The highest BCUT2D eigenvalue weighted by molar-refractivity contribution is 6.19. The maximum absolute atomic E-state index is 14.2. The number of anilines is 2. The van der Waals surface area contributed by atoms with Crippen LogP contribution in [-0.4, -0.2) is 73.7 Å². The molecule has 66 heavy (non-hydrogen) atoms. The molecule has 2 unspecified atom stereocenters. The molecule has 2 atom stereocenters. The van der Waals surface area contributed by atoms with Gasteiger partial charge in [0.05, 0.1) is 29.9 Å².